The number of hydrogen-bond donors (Lipinski definition) is 0. The quantitative estimate of drug-likeness (QED) is 0.440. The van der Waals surface area contributed by atoms with Crippen molar-refractivity contribution < 1.29 is 41.7 Å². The van der Waals surface area contributed by atoms with Gasteiger partial charge in [0.15, 0.2) is 0 Å². The second-order valence-corrected chi connectivity index (χ2v) is 0. The topological polar surface area (TPSA) is 174 Å². The summed E-state index contributed by atoms with van der Waals surface area (Å²) in [7, 11) is 0. The average Bonchev–Trinajstić information content (AvgIpc) is 2.33. The minimum atomic E-state index is 0. The van der Waals surface area contributed by atoms with Gasteiger partial charge in [0, 0.05) is 0 Å². The van der Waals surface area contributed by atoms with E-state index < -0.39 is 0 Å². The van der Waals surface area contributed by atoms with Crippen LogP contribution < -0.4 is 0 Å². The SMILES string of the molecule is O.[C-]#N.[C-]#N.[C-]#N.[C-]#N.[C-]#N.[C-]#N.[Co+3].[Zn+2]. The first-order chi connectivity index (χ1) is 6.00. The molecule has 0 aromatic carbocycles. The van der Waals surface area contributed by atoms with Crippen molar-refractivity contribution >= 4 is 0 Å². The van der Waals surface area contributed by atoms with Gasteiger partial charge in [-0.15, -0.1) is 0 Å². The van der Waals surface area contributed by atoms with Gasteiger partial charge in [-0.05, 0) is 0 Å². The van der Waals surface area contributed by atoms with E-state index in [1.807, 2.05) is 0 Å². The second-order valence-electron chi connectivity index (χ2n) is 0. The van der Waals surface area contributed by atoms with Crippen molar-refractivity contribution in [3.63, 3.8) is 0 Å². The van der Waals surface area contributed by atoms with E-state index in [2.05, 4.69) is 0 Å². The van der Waals surface area contributed by atoms with Crippen LogP contribution in [0, 0.1) is 71.0 Å². The minimum absolute atomic E-state index is 0. The predicted molar refractivity (Wildman–Crippen MR) is 33.4 cm³/mol. The van der Waals surface area contributed by atoms with Gasteiger partial charge in [-0.2, -0.15) is 0 Å². The first-order valence-corrected chi connectivity index (χ1v) is 1.34. The van der Waals surface area contributed by atoms with Crippen LogP contribution in [0.15, 0.2) is 0 Å². The Hall–Kier alpha value is -1.97. The van der Waals surface area contributed by atoms with Crippen LogP contribution in [0.3, 0.4) is 0 Å². The van der Waals surface area contributed by atoms with Crippen LogP contribution in [0.5, 0.6) is 0 Å². The molecule has 0 radical (unpaired) electrons. The first-order valence-electron chi connectivity index (χ1n) is 1.34. The molecular formula is C6H2CoN6OZn-. The van der Waals surface area contributed by atoms with Gasteiger partial charge in [0.2, 0.25) is 0 Å². The molecule has 9 heteroatoms. The summed E-state index contributed by atoms with van der Waals surface area (Å²) in [5.74, 6) is 0. The van der Waals surface area contributed by atoms with Crippen LogP contribution in [0.4, 0.5) is 0 Å². The summed E-state index contributed by atoms with van der Waals surface area (Å²) in [6.07, 6.45) is 0. The van der Waals surface area contributed by atoms with E-state index in [-0.39, 0.29) is 41.7 Å². The third kappa shape index (κ3) is 312. The van der Waals surface area contributed by atoms with Crippen molar-refractivity contribution in [2.24, 2.45) is 0 Å². The Kier molecular flexibility index (Phi) is 2920. The average molecular weight is 298 g/mol. The summed E-state index contributed by atoms with van der Waals surface area (Å²) in [5.41, 5.74) is 0. The molecule has 0 rings (SSSR count). The predicted octanol–water partition coefficient (Wildman–Crippen LogP) is -0.251. The van der Waals surface area contributed by atoms with Crippen molar-refractivity contribution in [3.8, 4) is 0 Å². The molecule has 0 aliphatic rings. The molecule has 0 heterocycles. The Morgan fingerprint density at radius 2 is 0.400 bits per heavy atom. The molecule has 7 nitrogen and oxygen atoms in total. The zero-order chi connectivity index (χ0) is 12.0. The Balaban J connectivity index is -0.00000000396. The van der Waals surface area contributed by atoms with E-state index in [4.69, 9.17) is 71.0 Å². The summed E-state index contributed by atoms with van der Waals surface area (Å²) in [4.78, 5) is 0. The summed E-state index contributed by atoms with van der Waals surface area (Å²) in [5, 5.41) is 37.5. The number of hydrogen-bond acceptors (Lipinski definition) is 6. The third-order valence-corrected chi connectivity index (χ3v) is 0. The maximum atomic E-state index is 6.25. The summed E-state index contributed by atoms with van der Waals surface area (Å²) in [6.45, 7) is 28.5. The Morgan fingerprint density at radius 1 is 0.400 bits per heavy atom. The van der Waals surface area contributed by atoms with Crippen LogP contribution in [0.2, 0.25) is 0 Å². The second kappa shape index (κ2) is 377. The van der Waals surface area contributed by atoms with Crippen molar-refractivity contribution in [2.75, 3.05) is 0 Å². The molecule has 0 bridgehead atoms. The summed E-state index contributed by atoms with van der Waals surface area (Å²) in [6, 6.07) is 0. The molecule has 0 aromatic heterocycles. The van der Waals surface area contributed by atoms with Crippen molar-refractivity contribution in [1.29, 1.82) is 31.6 Å². The van der Waals surface area contributed by atoms with E-state index in [9.17, 15) is 0 Å². The van der Waals surface area contributed by atoms with Gasteiger partial charge < -0.3 is 76.5 Å². The molecule has 0 spiro atoms. The maximum absolute atomic E-state index is 6.25. The molecule has 15 heavy (non-hydrogen) atoms. The monoisotopic (exact) mass is 297 g/mol. The van der Waals surface area contributed by atoms with Gasteiger partial charge in [0.05, 0.1) is 0 Å². The molecule has 74 valence electrons. The molecule has 0 aliphatic heterocycles. The van der Waals surface area contributed by atoms with Crippen LogP contribution >= 0.6 is 0 Å². The Labute approximate surface area is 113 Å². The summed E-state index contributed by atoms with van der Waals surface area (Å²) >= 11 is 0. The van der Waals surface area contributed by atoms with Crippen molar-refractivity contribution in [2.45, 2.75) is 0 Å². The molecular weight excluding hydrogens is 296 g/mol. The van der Waals surface area contributed by atoms with Gasteiger partial charge in [-0.25, -0.2) is 0 Å². The Morgan fingerprint density at radius 3 is 0.400 bits per heavy atom. The number of nitrogens with zero attached hydrogens (tertiary/aromatic N) is 6. The van der Waals surface area contributed by atoms with Crippen LogP contribution in [0.25, 0.3) is 0 Å². The molecule has 0 amide bonds. The van der Waals surface area contributed by atoms with Crippen LogP contribution in [-0.4, -0.2) is 5.48 Å². The van der Waals surface area contributed by atoms with Gasteiger partial charge in [0.1, 0.15) is 0 Å². The van der Waals surface area contributed by atoms with Gasteiger partial charge >= 0.3 is 36.3 Å². The fourth-order valence-electron chi connectivity index (χ4n) is 0. The summed E-state index contributed by atoms with van der Waals surface area (Å²) < 4.78 is 0. The van der Waals surface area contributed by atoms with E-state index in [0.29, 0.717) is 0 Å². The van der Waals surface area contributed by atoms with Crippen LogP contribution in [0.1, 0.15) is 0 Å². The van der Waals surface area contributed by atoms with Crippen LogP contribution in [-0.2, 0) is 36.3 Å². The molecule has 0 atom stereocenters. The molecule has 0 saturated heterocycles. The minimum Gasteiger partial charge on any atom is -0.512 e. The van der Waals surface area contributed by atoms with E-state index in [1.165, 1.54) is 0 Å². The fraction of sp³-hybridized carbons (Fsp3) is 0. The zero-order valence-corrected chi connectivity index (χ0v) is 11.2. The molecule has 0 aromatic rings. The van der Waals surface area contributed by atoms with E-state index >= 15 is 0 Å². The van der Waals surface area contributed by atoms with Gasteiger partial charge in [-0.1, -0.05) is 0 Å². The van der Waals surface area contributed by atoms with Gasteiger partial charge in [-0.3, -0.25) is 0 Å². The first kappa shape index (κ1) is 116. The standard InChI is InChI=1S/6CN.Co.H2O.Zn/c6*1-2;;;/h;;;;;;;1H2;/q6*-1;+3;;+2. The van der Waals surface area contributed by atoms with Gasteiger partial charge in [0.25, 0.3) is 0 Å². The largest absolute Gasteiger partial charge is 3.00 e. The smallest absolute Gasteiger partial charge is 0.512 e. The zero-order valence-electron chi connectivity index (χ0n) is 7.22. The third-order valence-electron chi connectivity index (χ3n) is 0. The maximum Gasteiger partial charge on any atom is 3.00 e. The van der Waals surface area contributed by atoms with E-state index in [0.717, 1.165) is 0 Å². The van der Waals surface area contributed by atoms with Crippen molar-refractivity contribution in [3.05, 3.63) is 39.4 Å². The fourth-order valence-corrected chi connectivity index (χ4v) is 0. The molecule has 0 aliphatic carbocycles. The normalized spacial score (nSPS) is 0.800. The molecule has 0 fully saturated rings. The van der Waals surface area contributed by atoms with E-state index in [1.54, 1.807) is 0 Å². The Bertz CT molecular complexity index is 103. The molecule has 2 N–H and O–H groups in total. The molecule has 0 saturated carbocycles. The number of rotatable bonds is 0. The molecule has 0 unspecified atom stereocenters. The van der Waals surface area contributed by atoms with Crippen molar-refractivity contribution in [1.82, 2.24) is 0 Å².